The van der Waals surface area contributed by atoms with E-state index in [2.05, 4.69) is 8.75 Å². The van der Waals surface area contributed by atoms with Crippen molar-refractivity contribution in [3.8, 4) is 17.2 Å². The molecule has 41 heavy (non-hydrogen) atoms. The molecule has 0 spiro atoms. The van der Waals surface area contributed by atoms with Crippen molar-refractivity contribution in [2.75, 3.05) is 14.2 Å². The van der Waals surface area contributed by atoms with Crippen LogP contribution < -0.4 is 14.2 Å². The van der Waals surface area contributed by atoms with Crippen LogP contribution in [-0.2, 0) is 17.8 Å². The molecule has 0 aliphatic heterocycles. The van der Waals surface area contributed by atoms with Gasteiger partial charge in [-0.05, 0) is 65.2 Å². The number of aromatic nitrogens is 2. The molecule has 0 saturated heterocycles. The smallest absolute Gasteiger partial charge is 0.336 e. The second-order valence-corrected chi connectivity index (χ2v) is 9.65. The van der Waals surface area contributed by atoms with E-state index in [1.165, 1.54) is 14.2 Å². The van der Waals surface area contributed by atoms with Gasteiger partial charge in [0.1, 0.15) is 23.4 Å². The lowest BCUT2D eigenvalue weighted by molar-refractivity contribution is -0.130. The van der Waals surface area contributed by atoms with Crippen molar-refractivity contribution in [2.24, 2.45) is 0 Å². The van der Waals surface area contributed by atoms with Crippen molar-refractivity contribution in [2.45, 2.75) is 13.0 Å². The summed E-state index contributed by atoms with van der Waals surface area (Å²) in [7, 11) is 3.05. The molecule has 1 aromatic heterocycles. The Balaban J connectivity index is 1.54. The summed E-state index contributed by atoms with van der Waals surface area (Å²) in [6.07, 6.45) is 0.0421. The maximum atomic E-state index is 14.0. The maximum absolute atomic E-state index is 14.0. The SMILES string of the molecule is COc1ccc(CC(C(=O)c2ccc(OCc3ccccc3)cc2)=C(C(=O)O)c2ccc3nsnc3c2)cc1OC. The lowest BCUT2D eigenvalue weighted by atomic mass is 9.89. The number of carbonyl (C=O) groups is 2. The van der Waals surface area contributed by atoms with E-state index in [9.17, 15) is 14.7 Å². The van der Waals surface area contributed by atoms with Crippen molar-refractivity contribution in [3.63, 3.8) is 0 Å². The summed E-state index contributed by atoms with van der Waals surface area (Å²) in [5.74, 6) is -0.0408. The number of ether oxygens (including phenoxy) is 3. The van der Waals surface area contributed by atoms with Crippen LogP contribution in [0.1, 0.15) is 27.0 Å². The van der Waals surface area contributed by atoms with E-state index in [1.54, 1.807) is 60.7 Å². The molecule has 0 radical (unpaired) electrons. The molecule has 9 heteroatoms. The maximum Gasteiger partial charge on any atom is 0.336 e. The quantitative estimate of drug-likeness (QED) is 0.148. The van der Waals surface area contributed by atoms with Crippen molar-refractivity contribution in [1.82, 2.24) is 8.75 Å². The van der Waals surface area contributed by atoms with E-state index < -0.39 is 11.8 Å². The first-order valence-corrected chi connectivity index (χ1v) is 13.4. The summed E-state index contributed by atoms with van der Waals surface area (Å²) in [4.78, 5) is 26.7. The fourth-order valence-corrected chi connectivity index (χ4v) is 4.98. The molecule has 0 fully saturated rings. The van der Waals surface area contributed by atoms with Crippen LogP contribution in [0.15, 0.2) is 96.6 Å². The fraction of sp³-hybridized carbons (Fsp3) is 0.125. The molecular formula is C32H26N2O6S. The van der Waals surface area contributed by atoms with E-state index in [-0.39, 0.29) is 17.6 Å². The minimum Gasteiger partial charge on any atom is -0.493 e. The number of nitrogens with zero attached hydrogens (tertiary/aromatic N) is 2. The van der Waals surface area contributed by atoms with Crippen LogP contribution in [0.25, 0.3) is 16.6 Å². The summed E-state index contributed by atoms with van der Waals surface area (Å²) < 4.78 is 25.1. The first-order chi connectivity index (χ1) is 20.0. The molecule has 4 aromatic carbocycles. The molecule has 0 unspecified atom stereocenters. The number of aliphatic carboxylic acids is 1. The fourth-order valence-electron chi connectivity index (χ4n) is 4.46. The molecule has 5 rings (SSSR count). The number of methoxy groups -OCH3 is 2. The largest absolute Gasteiger partial charge is 0.493 e. The van der Waals surface area contributed by atoms with Gasteiger partial charge in [0.2, 0.25) is 0 Å². The summed E-state index contributed by atoms with van der Waals surface area (Å²) in [6, 6.07) is 26.7. The number of Topliss-reactive ketones (excluding diaryl/α,β-unsaturated/α-hetero) is 1. The molecular weight excluding hydrogens is 540 g/mol. The lowest BCUT2D eigenvalue weighted by Crippen LogP contribution is -2.14. The van der Waals surface area contributed by atoms with Crippen LogP contribution in [-0.4, -0.2) is 39.8 Å². The molecule has 0 aliphatic rings. The highest BCUT2D eigenvalue weighted by Crippen LogP contribution is 2.32. The number of carboxylic acids is 1. The Hall–Kier alpha value is -5.02. The van der Waals surface area contributed by atoms with Crippen LogP contribution >= 0.6 is 11.7 Å². The number of ketones is 1. The van der Waals surface area contributed by atoms with Gasteiger partial charge in [-0.2, -0.15) is 8.75 Å². The zero-order valence-corrected chi connectivity index (χ0v) is 23.2. The Bertz CT molecular complexity index is 1730. The van der Waals surface area contributed by atoms with Crippen LogP contribution in [0.4, 0.5) is 0 Å². The summed E-state index contributed by atoms with van der Waals surface area (Å²) in [5, 5.41) is 10.4. The lowest BCUT2D eigenvalue weighted by Gasteiger charge is -2.15. The standard InChI is InChI=1S/C32H26N2O6S/c1-38-28-15-8-21(17-29(28)39-2)16-25(30(32(36)37)23-11-14-26-27(18-23)34-41-33-26)31(35)22-9-12-24(13-10-22)40-19-20-6-4-3-5-7-20/h3-15,17-18H,16,19H2,1-2H3,(H,36,37). The molecule has 1 N–H and O–H groups in total. The second kappa shape index (κ2) is 12.4. The first-order valence-electron chi connectivity index (χ1n) is 12.7. The van der Waals surface area contributed by atoms with Crippen LogP contribution in [0, 0.1) is 0 Å². The van der Waals surface area contributed by atoms with Gasteiger partial charge >= 0.3 is 5.97 Å². The predicted molar refractivity (Wildman–Crippen MR) is 157 cm³/mol. The zero-order chi connectivity index (χ0) is 28.8. The number of benzene rings is 4. The first kappa shape index (κ1) is 27.5. The molecule has 206 valence electrons. The van der Waals surface area contributed by atoms with E-state index in [0.717, 1.165) is 17.3 Å². The average Bonchev–Trinajstić information content (AvgIpc) is 3.48. The number of carbonyl (C=O) groups excluding carboxylic acids is 1. The summed E-state index contributed by atoms with van der Waals surface area (Å²) in [6.45, 7) is 0.385. The van der Waals surface area contributed by atoms with Gasteiger partial charge < -0.3 is 19.3 Å². The summed E-state index contributed by atoms with van der Waals surface area (Å²) >= 11 is 1.04. The number of fused-ring (bicyclic) bond motifs is 1. The van der Waals surface area contributed by atoms with Gasteiger partial charge in [0.25, 0.3) is 0 Å². The van der Waals surface area contributed by atoms with Gasteiger partial charge in [-0.25, -0.2) is 4.79 Å². The van der Waals surface area contributed by atoms with Crippen molar-refractivity contribution < 1.29 is 28.9 Å². The van der Waals surface area contributed by atoms with Crippen LogP contribution in [0.2, 0.25) is 0 Å². The molecule has 0 bridgehead atoms. The molecule has 0 aliphatic carbocycles. The third-order valence-electron chi connectivity index (χ3n) is 6.53. The monoisotopic (exact) mass is 566 g/mol. The Morgan fingerprint density at radius 2 is 1.46 bits per heavy atom. The Morgan fingerprint density at radius 3 is 2.17 bits per heavy atom. The van der Waals surface area contributed by atoms with Crippen molar-refractivity contribution in [3.05, 3.63) is 119 Å². The second-order valence-electron chi connectivity index (χ2n) is 9.12. The van der Waals surface area contributed by atoms with Crippen LogP contribution in [0.3, 0.4) is 0 Å². The van der Waals surface area contributed by atoms with Crippen molar-refractivity contribution >= 4 is 40.1 Å². The van der Waals surface area contributed by atoms with Gasteiger partial charge in [-0.1, -0.05) is 42.5 Å². The zero-order valence-electron chi connectivity index (χ0n) is 22.4. The minimum absolute atomic E-state index is 0.0421. The van der Waals surface area contributed by atoms with Gasteiger partial charge in [-0.3, -0.25) is 4.79 Å². The predicted octanol–water partition coefficient (Wildman–Crippen LogP) is 6.25. The number of hydrogen-bond acceptors (Lipinski definition) is 8. The van der Waals surface area contributed by atoms with Crippen molar-refractivity contribution in [1.29, 1.82) is 0 Å². The number of allylic oxidation sites excluding steroid dienone is 1. The molecule has 0 atom stereocenters. The van der Waals surface area contributed by atoms with E-state index in [4.69, 9.17) is 14.2 Å². The highest BCUT2D eigenvalue weighted by atomic mass is 32.1. The Morgan fingerprint density at radius 1 is 0.756 bits per heavy atom. The molecule has 1 heterocycles. The van der Waals surface area contributed by atoms with E-state index in [1.807, 2.05) is 30.3 Å². The van der Waals surface area contributed by atoms with E-state index >= 15 is 0 Å². The summed E-state index contributed by atoms with van der Waals surface area (Å²) in [5.41, 5.74) is 3.63. The average molecular weight is 567 g/mol. The number of hydrogen-bond donors (Lipinski definition) is 1. The van der Waals surface area contributed by atoms with Gasteiger partial charge in [0, 0.05) is 17.6 Å². The molecule has 8 nitrogen and oxygen atoms in total. The number of carboxylic acid groups (broad SMARTS) is 1. The topological polar surface area (TPSA) is 108 Å². The van der Waals surface area contributed by atoms with Gasteiger partial charge in [0.15, 0.2) is 17.3 Å². The molecule has 5 aromatic rings. The Labute approximate surface area is 240 Å². The molecule has 0 saturated carbocycles. The van der Waals surface area contributed by atoms with E-state index in [0.29, 0.717) is 51.6 Å². The third kappa shape index (κ3) is 6.26. The van der Waals surface area contributed by atoms with Crippen LogP contribution in [0.5, 0.6) is 17.2 Å². The highest BCUT2D eigenvalue weighted by molar-refractivity contribution is 7.00. The Kier molecular flexibility index (Phi) is 8.36. The highest BCUT2D eigenvalue weighted by Gasteiger charge is 2.25. The third-order valence-corrected chi connectivity index (χ3v) is 7.08. The van der Waals surface area contributed by atoms with Gasteiger partial charge in [-0.15, -0.1) is 0 Å². The molecule has 0 amide bonds. The normalized spacial score (nSPS) is 11.6. The van der Waals surface area contributed by atoms with Gasteiger partial charge in [0.05, 0.1) is 31.5 Å². The number of rotatable bonds is 11. The minimum atomic E-state index is -1.22.